The summed E-state index contributed by atoms with van der Waals surface area (Å²) in [5.74, 6) is -1.72. The number of nitrogens with one attached hydrogen (secondary N) is 1. The Morgan fingerprint density at radius 3 is 2.48 bits per heavy atom. The van der Waals surface area contributed by atoms with E-state index in [1.807, 2.05) is 13.8 Å². The minimum atomic E-state index is -1.39. The normalized spacial score (nSPS) is 19.5. The minimum absolute atomic E-state index is 0. The molecule has 0 aromatic heterocycles. The number of amides is 1. The Kier molecular flexibility index (Phi) is 11.0. The van der Waals surface area contributed by atoms with Gasteiger partial charge in [-0.15, -0.1) is 0 Å². The van der Waals surface area contributed by atoms with Gasteiger partial charge in [0.15, 0.2) is 0 Å². The number of hydrogen-bond acceptors (Lipinski definition) is 6. The van der Waals surface area contributed by atoms with Gasteiger partial charge in [0.05, 0.1) is 11.7 Å². The van der Waals surface area contributed by atoms with E-state index in [-0.39, 0.29) is 52.5 Å². The molecular weight excluding hydrogens is 355 g/mol. The van der Waals surface area contributed by atoms with Crippen molar-refractivity contribution >= 4 is 29.6 Å². The van der Waals surface area contributed by atoms with Gasteiger partial charge < -0.3 is 26.1 Å². The maximum atomic E-state index is 11.9. The molecule has 4 N–H and O–H groups in total. The third-order valence-electron chi connectivity index (χ3n) is 4.01. The standard InChI is InChI=1S/C16H26N2O5S.Na/c1-16(2)8-10(16)13(19)18-12(15(22)23)6-4-3-5-7-24-9-11(17)14(20)21;/h6,10-11H,3-5,7-9,17H2,1-2H3,(H,18,19)(H,20,21)(H,22,23);/q;+1/p-1/b12-6-;/t10-,11+;/m1./s1. The number of carboxylic acid groups (broad SMARTS) is 2. The predicted molar refractivity (Wildman–Crippen MR) is 89.9 cm³/mol. The zero-order valence-electron chi connectivity index (χ0n) is 15.0. The maximum Gasteiger partial charge on any atom is 1.00 e. The van der Waals surface area contributed by atoms with Crippen molar-refractivity contribution in [2.45, 2.75) is 45.6 Å². The van der Waals surface area contributed by atoms with Crippen LogP contribution in [0.15, 0.2) is 11.8 Å². The van der Waals surface area contributed by atoms with E-state index in [4.69, 9.17) is 10.8 Å². The summed E-state index contributed by atoms with van der Waals surface area (Å²) in [6, 6.07) is -0.860. The van der Waals surface area contributed by atoms with Crippen LogP contribution >= 0.6 is 11.8 Å². The molecule has 0 aromatic carbocycles. The van der Waals surface area contributed by atoms with Crippen LogP contribution in [-0.2, 0) is 14.4 Å². The van der Waals surface area contributed by atoms with Crippen LogP contribution in [0.2, 0.25) is 0 Å². The van der Waals surface area contributed by atoms with E-state index in [1.165, 1.54) is 17.8 Å². The van der Waals surface area contributed by atoms with E-state index in [2.05, 4.69) is 5.32 Å². The molecule has 7 nitrogen and oxygen atoms in total. The molecule has 1 fully saturated rings. The van der Waals surface area contributed by atoms with E-state index in [9.17, 15) is 19.5 Å². The number of hydrogen-bond donors (Lipinski definition) is 3. The summed E-state index contributed by atoms with van der Waals surface area (Å²) in [7, 11) is 0. The van der Waals surface area contributed by atoms with E-state index >= 15 is 0 Å². The molecule has 9 heteroatoms. The largest absolute Gasteiger partial charge is 1.00 e. The first-order valence-corrected chi connectivity index (χ1v) is 9.09. The molecule has 1 amide bonds. The Morgan fingerprint density at radius 1 is 1.40 bits per heavy atom. The van der Waals surface area contributed by atoms with Crippen LogP contribution < -0.4 is 45.7 Å². The van der Waals surface area contributed by atoms with Gasteiger partial charge in [-0.05, 0) is 36.9 Å². The smallest absolute Gasteiger partial charge is 0.543 e. The second-order valence-corrected chi connectivity index (χ2v) is 7.81. The number of nitrogens with two attached hydrogens (primary N) is 1. The van der Waals surface area contributed by atoms with Gasteiger partial charge in [-0.3, -0.25) is 9.59 Å². The van der Waals surface area contributed by atoms with Gasteiger partial charge in [0, 0.05) is 11.7 Å². The second-order valence-electron chi connectivity index (χ2n) is 6.66. The number of carbonyl (C=O) groups is 3. The van der Waals surface area contributed by atoms with Crippen LogP contribution in [0.5, 0.6) is 0 Å². The van der Waals surface area contributed by atoms with Crippen LogP contribution in [0.25, 0.3) is 0 Å². The summed E-state index contributed by atoms with van der Waals surface area (Å²) in [5.41, 5.74) is 5.15. The third-order valence-corrected chi connectivity index (χ3v) is 5.19. The van der Waals surface area contributed by atoms with Crippen LogP contribution in [0, 0.1) is 11.3 Å². The quantitative estimate of drug-likeness (QED) is 0.199. The Balaban J connectivity index is 0.00000576. The molecule has 1 aliphatic carbocycles. The molecular formula is C16H25N2NaO5S. The van der Waals surface area contributed by atoms with Crippen LogP contribution in [-0.4, -0.2) is 40.5 Å². The fourth-order valence-corrected chi connectivity index (χ4v) is 3.17. The van der Waals surface area contributed by atoms with Gasteiger partial charge in [-0.2, -0.15) is 11.8 Å². The van der Waals surface area contributed by atoms with Crippen molar-refractivity contribution in [2.24, 2.45) is 17.1 Å². The SMILES string of the molecule is CC1(C)C[C@@H]1C(=O)N/C(=C\CCCCSC[C@H](N)C(=O)O)C(=O)[O-].[Na+]. The van der Waals surface area contributed by atoms with Crippen LogP contribution in [0.1, 0.15) is 39.5 Å². The minimum Gasteiger partial charge on any atom is -0.543 e. The van der Waals surface area contributed by atoms with Gasteiger partial charge in [0.1, 0.15) is 6.04 Å². The van der Waals surface area contributed by atoms with E-state index in [1.54, 1.807) is 0 Å². The first-order valence-electron chi connectivity index (χ1n) is 7.93. The van der Waals surface area contributed by atoms with E-state index in [0.29, 0.717) is 12.2 Å². The Labute approximate surface area is 174 Å². The summed E-state index contributed by atoms with van der Waals surface area (Å²) in [5, 5.41) is 22.2. The summed E-state index contributed by atoms with van der Waals surface area (Å²) in [6.07, 6.45) is 4.27. The Bertz CT molecular complexity index is 525. The molecule has 0 unspecified atom stereocenters. The van der Waals surface area contributed by atoms with E-state index in [0.717, 1.165) is 25.0 Å². The van der Waals surface area contributed by atoms with Crippen molar-refractivity contribution < 1.29 is 54.2 Å². The molecule has 0 radical (unpaired) electrons. The van der Waals surface area contributed by atoms with Gasteiger partial charge in [-0.1, -0.05) is 19.9 Å². The molecule has 0 saturated heterocycles. The van der Waals surface area contributed by atoms with Crippen molar-refractivity contribution in [1.29, 1.82) is 0 Å². The summed E-state index contributed by atoms with van der Waals surface area (Å²) >= 11 is 1.45. The number of thioether (sulfide) groups is 1. The number of rotatable bonds is 11. The summed E-state index contributed by atoms with van der Waals surface area (Å²) in [6.45, 7) is 3.93. The number of allylic oxidation sites excluding steroid dienone is 1. The topological polar surface area (TPSA) is 133 Å². The molecule has 0 bridgehead atoms. The molecule has 0 spiro atoms. The zero-order chi connectivity index (χ0) is 18.3. The fraction of sp³-hybridized carbons (Fsp3) is 0.688. The Hall–Kier alpha value is -0.540. The van der Waals surface area contributed by atoms with Crippen LogP contribution in [0.4, 0.5) is 0 Å². The number of unbranched alkanes of at least 4 members (excludes halogenated alkanes) is 2. The maximum absolute atomic E-state index is 11.9. The van der Waals surface area contributed by atoms with E-state index < -0.39 is 18.0 Å². The number of carboxylic acids is 2. The third kappa shape index (κ3) is 9.10. The number of aliphatic carboxylic acids is 2. The molecule has 1 rings (SSSR count). The van der Waals surface area contributed by atoms with Gasteiger partial charge in [0.25, 0.3) is 0 Å². The van der Waals surface area contributed by atoms with Crippen molar-refractivity contribution in [3.05, 3.63) is 11.8 Å². The molecule has 2 atom stereocenters. The van der Waals surface area contributed by atoms with Crippen molar-refractivity contribution in [3.63, 3.8) is 0 Å². The van der Waals surface area contributed by atoms with Crippen molar-refractivity contribution in [3.8, 4) is 0 Å². The first-order chi connectivity index (χ1) is 11.1. The average Bonchev–Trinajstić information content (AvgIpc) is 3.13. The van der Waals surface area contributed by atoms with Crippen molar-refractivity contribution in [1.82, 2.24) is 5.32 Å². The molecule has 1 aliphatic rings. The number of carbonyl (C=O) groups excluding carboxylic acids is 2. The fourth-order valence-electron chi connectivity index (χ4n) is 2.20. The molecule has 25 heavy (non-hydrogen) atoms. The zero-order valence-corrected chi connectivity index (χ0v) is 17.9. The molecule has 0 aliphatic heterocycles. The Morgan fingerprint density at radius 2 is 2.00 bits per heavy atom. The second kappa shape index (κ2) is 11.2. The van der Waals surface area contributed by atoms with Gasteiger partial charge in [0.2, 0.25) is 5.91 Å². The monoisotopic (exact) mass is 380 g/mol. The molecule has 136 valence electrons. The predicted octanol–water partition coefficient (Wildman–Crippen LogP) is -2.90. The van der Waals surface area contributed by atoms with Crippen molar-refractivity contribution in [2.75, 3.05) is 11.5 Å². The first kappa shape index (κ1) is 24.5. The molecule has 0 heterocycles. The van der Waals surface area contributed by atoms with Gasteiger partial charge in [-0.25, -0.2) is 0 Å². The molecule has 1 saturated carbocycles. The van der Waals surface area contributed by atoms with Gasteiger partial charge >= 0.3 is 35.5 Å². The van der Waals surface area contributed by atoms with Crippen LogP contribution in [0.3, 0.4) is 0 Å². The average molecular weight is 380 g/mol. The molecule has 0 aromatic rings. The summed E-state index contributed by atoms with van der Waals surface area (Å²) in [4.78, 5) is 33.5. The summed E-state index contributed by atoms with van der Waals surface area (Å²) < 4.78 is 0.